The molecule has 4 nitrogen and oxygen atoms in total. The van der Waals surface area contributed by atoms with Crippen LogP contribution in [0.2, 0.25) is 5.02 Å². The molecule has 0 bridgehead atoms. The fraction of sp³-hybridized carbons (Fsp3) is 0.316. The van der Waals surface area contributed by atoms with Gasteiger partial charge in [-0.2, -0.15) is 0 Å². The second-order valence-corrected chi connectivity index (χ2v) is 5.72. The van der Waals surface area contributed by atoms with Crippen LogP contribution in [0.25, 0.3) is 0 Å². The molecule has 1 N–H and O–H groups in total. The number of hydrogen-bond donors (Lipinski definition) is 1. The zero-order chi connectivity index (χ0) is 17.4. The van der Waals surface area contributed by atoms with E-state index in [4.69, 9.17) is 21.1 Å². The summed E-state index contributed by atoms with van der Waals surface area (Å²) in [5.41, 5.74) is 0.903. The molecule has 24 heavy (non-hydrogen) atoms. The van der Waals surface area contributed by atoms with E-state index in [9.17, 15) is 4.79 Å². The summed E-state index contributed by atoms with van der Waals surface area (Å²) in [7, 11) is 0. The van der Waals surface area contributed by atoms with Crippen molar-refractivity contribution < 1.29 is 14.3 Å². The Morgan fingerprint density at radius 3 is 2.33 bits per heavy atom. The molecule has 0 fully saturated rings. The van der Waals surface area contributed by atoms with Crippen LogP contribution in [-0.2, 0) is 4.79 Å². The van der Waals surface area contributed by atoms with Crippen LogP contribution in [0.15, 0.2) is 48.5 Å². The van der Waals surface area contributed by atoms with Crippen molar-refractivity contribution in [1.82, 2.24) is 5.32 Å². The van der Waals surface area contributed by atoms with E-state index in [1.54, 1.807) is 0 Å². The first-order valence-corrected chi connectivity index (χ1v) is 8.37. The van der Waals surface area contributed by atoms with Crippen molar-refractivity contribution in [3.8, 4) is 11.5 Å². The van der Waals surface area contributed by atoms with Crippen molar-refractivity contribution in [3.63, 3.8) is 0 Å². The summed E-state index contributed by atoms with van der Waals surface area (Å²) in [5, 5.41) is 3.57. The number of amides is 1. The predicted molar refractivity (Wildman–Crippen MR) is 95.7 cm³/mol. The number of rotatable bonds is 8. The molecular weight excluding hydrogens is 326 g/mol. The zero-order valence-electron chi connectivity index (χ0n) is 13.9. The van der Waals surface area contributed by atoms with E-state index in [1.165, 1.54) is 0 Å². The smallest absolute Gasteiger partial charge is 0.223 e. The lowest BCUT2D eigenvalue weighted by Gasteiger charge is -2.16. The molecule has 2 rings (SSSR count). The molecule has 0 heterocycles. The van der Waals surface area contributed by atoms with Crippen LogP contribution in [0.1, 0.15) is 31.9 Å². The minimum absolute atomic E-state index is 0.0756. The third kappa shape index (κ3) is 5.46. The van der Waals surface area contributed by atoms with Gasteiger partial charge in [0, 0.05) is 5.02 Å². The Bertz CT molecular complexity index is 658. The number of halogens is 1. The maximum Gasteiger partial charge on any atom is 0.223 e. The second kappa shape index (κ2) is 9.18. The lowest BCUT2D eigenvalue weighted by molar-refractivity contribution is -0.122. The SMILES string of the molecule is CCOc1ccc(OCCC(=O)NC(C)c2ccccc2Cl)cc1. The molecule has 1 amide bonds. The van der Waals surface area contributed by atoms with Crippen LogP contribution in [0.4, 0.5) is 0 Å². The monoisotopic (exact) mass is 347 g/mol. The lowest BCUT2D eigenvalue weighted by atomic mass is 10.1. The van der Waals surface area contributed by atoms with E-state index in [0.717, 1.165) is 11.3 Å². The summed E-state index contributed by atoms with van der Waals surface area (Å²) in [4.78, 5) is 12.0. The van der Waals surface area contributed by atoms with Crippen LogP contribution in [-0.4, -0.2) is 19.1 Å². The molecule has 2 aromatic carbocycles. The van der Waals surface area contributed by atoms with E-state index in [0.29, 0.717) is 24.0 Å². The Kier molecular flexibility index (Phi) is 6.94. The van der Waals surface area contributed by atoms with Gasteiger partial charge in [-0.15, -0.1) is 0 Å². The van der Waals surface area contributed by atoms with Gasteiger partial charge >= 0.3 is 0 Å². The first kappa shape index (κ1) is 18.1. The van der Waals surface area contributed by atoms with Gasteiger partial charge in [0.1, 0.15) is 11.5 Å². The molecule has 0 saturated heterocycles. The number of ether oxygens (including phenoxy) is 2. The number of benzene rings is 2. The number of hydrogen-bond acceptors (Lipinski definition) is 3. The highest BCUT2D eigenvalue weighted by Gasteiger charge is 2.12. The Hall–Kier alpha value is -2.20. The number of carbonyl (C=O) groups is 1. The number of carbonyl (C=O) groups excluding carboxylic acids is 1. The van der Waals surface area contributed by atoms with Crippen molar-refractivity contribution in [3.05, 3.63) is 59.1 Å². The number of nitrogens with one attached hydrogen (secondary N) is 1. The van der Waals surface area contributed by atoms with Crippen molar-refractivity contribution in [2.75, 3.05) is 13.2 Å². The van der Waals surface area contributed by atoms with Gasteiger partial charge in [-0.05, 0) is 49.7 Å². The van der Waals surface area contributed by atoms with Gasteiger partial charge in [0.05, 0.1) is 25.7 Å². The zero-order valence-corrected chi connectivity index (χ0v) is 14.7. The van der Waals surface area contributed by atoms with E-state index in [2.05, 4.69) is 5.32 Å². The second-order valence-electron chi connectivity index (χ2n) is 5.31. The highest BCUT2D eigenvalue weighted by molar-refractivity contribution is 6.31. The summed E-state index contributed by atoms with van der Waals surface area (Å²) in [6.07, 6.45) is 0.280. The highest BCUT2D eigenvalue weighted by Crippen LogP contribution is 2.22. The molecule has 0 aromatic heterocycles. The molecule has 1 atom stereocenters. The first-order chi connectivity index (χ1) is 11.6. The molecule has 0 spiro atoms. The van der Waals surface area contributed by atoms with Gasteiger partial charge in [0.25, 0.3) is 0 Å². The molecule has 0 radical (unpaired) electrons. The fourth-order valence-corrected chi connectivity index (χ4v) is 2.58. The van der Waals surface area contributed by atoms with Gasteiger partial charge in [-0.25, -0.2) is 0 Å². The Labute approximate surface area is 147 Å². The van der Waals surface area contributed by atoms with Crippen LogP contribution >= 0.6 is 11.6 Å². The van der Waals surface area contributed by atoms with E-state index >= 15 is 0 Å². The molecule has 128 valence electrons. The van der Waals surface area contributed by atoms with Gasteiger partial charge in [-0.1, -0.05) is 29.8 Å². The molecular formula is C19H22ClNO3. The molecule has 1 unspecified atom stereocenters. The molecule has 0 aliphatic heterocycles. The lowest BCUT2D eigenvalue weighted by Crippen LogP contribution is -2.28. The van der Waals surface area contributed by atoms with Gasteiger partial charge < -0.3 is 14.8 Å². The van der Waals surface area contributed by atoms with E-state index < -0.39 is 0 Å². The highest BCUT2D eigenvalue weighted by atomic mass is 35.5. The van der Waals surface area contributed by atoms with Gasteiger partial charge in [-0.3, -0.25) is 4.79 Å². The normalized spacial score (nSPS) is 11.6. The van der Waals surface area contributed by atoms with Gasteiger partial charge in [0.2, 0.25) is 5.91 Å². The summed E-state index contributed by atoms with van der Waals surface area (Å²) < 4.78 is 10.9. The van der Waals surface area contributed by atoms with Gasteiger partial charge in [0.15, 0.2) is 0 Å². The fourth-order valence-electron chi connectivity index (χ4n) is 2.28. The molecule has 0 aliphatic carbocycles. The van der Waals surface area contributed by atoms with Crippen LogP contribution in [0, 0.1) is 0 Å². The average molecular weight is 348 g/mol. The van der Waals surface area contributed by atoms with Crippen molar-refractivity contribution in [2.24, 2.45) is 0 Å². The third-order valence-corrected chi connectivity index (χ3v) is 3.83. The maximum atomic E-state index is 12.0. The van der Waals surface area contributed by atoms with E-state index in [1.807, 2.05) is 62.4 Å². The molecule has 5 heteroatoms. The van der Waals surface area contributed by atoms with Crippen LogP contribution in [0.3, 0.4) is 0 Å². The first-order valence-electron chi connectivity index (χ1n) is 7.99. The summed E-state index contributed by atoms with van der Waals surface area (Å²) in [6, 6.07) is 14.7. The van der Waals surface area contributed by atoms with Crippen LogP contribution in [0.5, 0.6) is 11.5 Å². The minimum Gasteiger partial charge on any atom is -0.494 e. The van der Waals surface area contributed by atoms with Crippen molar-refractivity contribution in [2.45, 2.75) is 26.3 Å². The Morgan fingerprint density at radius 2 is 1.71 bits per heavy atom. The molecule has 2 aromatic rings. The molecule has 0 aliphatic rings. The summed E-state index contributed by atoms with van der Waals surface area (Å²) in [6.45, 7) is 4.79. The Morgan fingerprint density at radius 1 is 1.08 bits per heavy atom. The summed E-state index contributed by atoms with van der Waals surface area (Å²) in [5.74, 6) is 1.44. The van der Waals surface area contributed by atoms with Crippen molar-refractivity contribution >= 4 is 17.5 Å². The summed E-state index contributed by atoms with van der Waals surface area (Å²) >= 11 is 6.14. The Balaban J connectivity index is 1.76. The third-order valence-electron chi connectivity index (χ3n) is 3.48. The van der Waals surface area contributed by atoms with E-state index in [-0.39, 0.29) is 18.4 Å². The standard InChI is InChI=1S/C19H22ClNO3/c1-3-23-15-8-10-16(11-9-15)24-13-12-19(22)21-14(2)17-6-4-5-7-18(17)20/h4-11,14H,3,12-13H2,1-2H3,(H,21,22). The maximum absolute atomic E-state index is 12.0. The predicted octanol–water partition coefficient (Wildman–Crippen LogP) is 4.39. The topological polar surface area (TPSA) is 47.6 Å². The quantitative estimate of drug-likeness (QED) is 0.770. The van der Waals surface area contributed by atoms with Crippen molar-refractivity contribution in [1.29, 1.82) is 0 Å². The van der Waals surface area contributed by atoms with Crippen LogP contribution < -0.4 is 14.8 Å². The molecule has 0 saturated carbocycles. The average Bonchev–Trinajstić information content (AvgIpc) is 2.57. The largest absolute Gasteiger partial charge is 0.494 e. The minimum atomic E-state index is -0.142.